The molecule has 2 aliphatic rings. The van der Waals surface area contributed by atoms with Gasteiger partial charge in [0.25, 0.3) is 0 Å². The fraction of sp³-hybridized carbons (Fsp3) is 0.941. The van der Waals surface area contributed by atoms with Crippen LogP contribution < -0.4 is 0 Å². The number of piperidine rings is 1. The van der Waals surface area contributed by atoms with E-state index in [4.69, 9.17) is 0 Å². The summed E-state index contributed by atoms with van der Waals surface area (Å²) < 4.78 is 0. The fourth-order valence-corrected chi connectivity index (χ4v) is 3.66. The monoisotopic (exact) mass is 265 g/mol. The maximum Gasteiger partial charge on any atom is 0.227 e. The first kappa shape index (κ1) is 14.9. The lowest BCUT2D eigenvalue weighted by Crippen LogP contribution is -2.52. The van der Waals surface area contributed by atoms with Crippen LogP contribution in [0.3, 0.4) is 0 Å². The van der Waals surface area contributed by atoms with Crippen molar-refractivity contribution in [2.75, 3.05) is 13.1 Å². The van der Waals surface area contributed by atoms with Crippen LogP contribution in [0.25, 0.3) is 0 Å². The largest absolute Gasteiger partial charge is 0.342 e. The van der Waals surface area contributed by atoms with Crippen LogP contribution in [0, 0.1) is 22.2 Å². The van der Waals surface area contributed by atoms with Crippen molar-refractivity contribution in [1.29, 1.82) is 0 Å². The number of hydrogen-bond acceptors (Lipinski definition) is 1. The quantitative estimate of drug-likeness (QED) is 0.646. The van der Waals surface area contributed by atoms with Gasteiger partial charge in [0.1, 0.15) is 0 Å². The molecule has 2 rings (SSSR count). The Morgan fingerprint density at radius 3 is 1.84 bits per heavy atom. The number of amides is 1. The van der Waals surface area contributed by atoms with Gasteiger partial charge in [-0.1, -0.05) is 41.5 Å². The van der Waals surface area contributed by atoms with Gasteiger partial charge in [-0.3, -0.25) is 4.79 Å². The third-order valence-corrected chi connectivity index (χ3v) is 5.34. The van der Waals surface area contributed by atoms with E-state index in [0.717, 1.165) is 19.0 Å². The Labute approximate surface area is 118 Å². The van der Waals surface area contributed by atoms with Gasteiger partial charge in [-0.2, -0.15) is 0 Å². The molecule has 2 heteroatoms. The Balaban J connectivity index is 1.87. The molecule has 1 saturated carbocycles. The normalized spacial score (nSPS) is 24.4. The minimum Gasteiger partial charge on any atom is -0.342 e. The van der Waals surface area contributed by atoms with Gasteiger partial charge in [-0.15, -0.1) is 0 Å². The molecular formula is C17H31NO. The Morgan fingerprint density at radius 1 is 1.00 bits per heavy atom. The third kappa shape index (κ3) is 2.98. The van der Waals surface area contributed by atoms with Crippen LogP contribution >= 0.6 is 0 Å². The average molecular weight is 265 g/mol. The summed E-state index contributed by atoms with van der Waals surface area (Å²) in [4.78, 5) is 14.4. The summed E-state index contributed by atoms with van der Waals surface area (Å²) in [5, 5.41) is 0. The maximum absolute atomic E-state index is 12.3. The topological polar surface area (TPSA) is 20.3 Å². The summed E-state index contributed by atoms with van der Waals surface area (Å²) in [6.45, 7) is 15.1. The molecule has 2 nitrogen and oxygen atoms in total. The lowest BCUT2D eigenvalue weighted by atomic mass is 9.52. The Morgan fingerprint density at radius 2 is 1.47 bits per heavy atom. The fourth-order valence-electron chi connectivity index (χ4n) is 3.66. The molecule has 1 spiro atoms. The molecule has 0 aromatic heterocycles. The van der Waals surface area contributed by atoms with E-state index in [2.05, 4.69) is 25.7 Å². The molecule has 0 radical (unpaired) electrons. The van der Waals surface area contributed by atoms with Gasteiger partial charge in [-0.25, -0.2) is 0 Å². The summed E-state index contributed by atoms with van der Waals surface area (Å²) in [5.41, 5.74) is 0.814. The highest BCUT2D eigenvalue weighted by Crippen LogP contribution is 2.57. The number of carbonyl (C=O) groups excluding carboxylic acids is 1. The number of nitrogens with zero attached hydrogens (tertiary/aromatic N) is 1. The van der Waals surface area contributed by atoms with Crippen molar-refractivity contribution in [2.24, 2.45) is 22.2 Å². The third-order valence-electron chi connectivity index (χ3n) is 5.34. The van der Waals surface area contributed by atoms with Gasteiger partial charge in [-0.05, 0) is 42.4 Å². The molecule has 0 unspecified atom stereocenters. The summed E-state index contributed by atoms with van der Waals surface area (Å²) >= 11 is 0. The average Bonchev–Trinajstić information content (AvgIpc) is 2.22. The second-order valence-electron chi connectivity index (χ2n) is 9.01. The predicted molar refractivity (Wildman–Crippen MR) is 79.9 cm³/mol. The first-order chi connectivity index (χ1) is 8.54. The van der Waals surface area contributed by atoms with Crippen LogP contribution in [0.15, 0.2) is 0 Å². The SMILES string of the molecule is CC(C)(C)C(=O)N1CCC2(CC1)CC(C(C)(C)C)C2. The zero-order chi connectivity index (χ0) is 14.5. The van der Waals surface area contributed by atoms with Crippen LogP contribution in [0.5, 0.6) is 0 Å². The van der Waals surface area contributed by atoms with Crippen LogP contribution in [-0.4, -0.2) is 23.9 Å². The highest BCUT2D eigenvalue weighted by Gasteiger charge is 2.49. The molecule has 110 valence electrons. The predicted octanol–water partition coefficient (Wildman–Crippen LogP) is 4.10. The van der Waals surface area contributed by atoms with Crippen LogP contribution in [0.2, 0.25) is 0 Å². The second-order valence-corrected chi connectivity index (χ2v) is 9.01. The number of carbonyl (C=O) groups is 1. The summed E-state index contributed by atoms with van der Waals surface area (Å²) in [7, 11) is 0. The van der Waals surface area contributed by atoms with E-state index in [9.17, 15) is 4.79 Å². The number of hydrogen-bond donors (Lipinski definition) is 0. The first-order valence-electron chi connectivity index (χ1n) is 7.83. The molecule has 1 heterocycles. The number of rotatable bonds is 0. The van der Waals surface area contributed by atoms with Crippen molar-refractivity contribution in [3.63, 3.8) is 0 Å². The molecule has 0 bridgehead atoms. The van der Waals surface area contributed by atoms with Crippen LogP contribution in [-0.2, 0) is 4.79 Å². The molecular weight excluding hydrogens is 234 g/mol. The molecule has 0 atom stereocenters. The molecule has 0 aromatic rings. The van der Waals surface area contributed by atoms with Crippen molar-refractivity contribution in [3.05, 3.63) is 0 Å². The minimum absolute atomic E-state index is 0.224. The van der Waals surface area contributed by atoms with E-state index in [1.807, 2.05) is 20.8 Å². The van der Waals surface area contributed by atoms with E-state index in [1.165, 1.54) is 25.7 Å². The summed E-state index contributed by atoms with van der Waals surface area (Å²) in [5.74, 6) is 1.21. The van der Waals surface area contributed by atoms with Crippen molar-refractivity contribution in [3.8, 4) is 0 Å². The van der Waals surface area contributed by atoms with Crippen molar-refractivity contribution in [2.45, 2.75) is 67.2 Å². The first-order valence-corrected chi connectivity index (χ1v) is 7.83. The molecule has 0 N–H and O–H groups in total. The molecule has 1 aliphatic carbocycles. The maximum atomic E-state index is 12.3. The Kier molecular flexibility index (Phi) is 3.52. The van der Waals surface area contributed by atoms with E-state index < -0.39 is 0 Å². The van der Waals surface area contributed by atoms with Gasteiger partial charge in [0.15, 0.2) is 0 Å². The standard InChI is InChI=1S/C17H31NO/c1-15(2,3)13-11-17(12-13)7-9-18(10-8-17)14(19)16(4,5)6/h13H,7-12H2,1-6H3. The van der Waals surface area contributed by atoms with Crippen LogP contribution in [0.4, 0.5) is 0 Å². The van der Waals surface area contributed by atoms with E-state index >= 15 is 0 Å². The van der Waals surface area contributed by atoms with E-state index in [-0.39, 0.29) is 5.41 Å². The molecule has 19 heavy (non-hydrogen) atoms. The van der Waals surface area contributed by atoms with Crippen LogP contribution in [0.1, 0.15) is 67.2 Å². The molecule has 1 saturated heterocycles. The Bertz CT molecular complexity index is 342. The molecule has 0 aromatic carbocycles. The van der Waals surface area contributed by atoms with Gasteiger partial charge in [0.2, 0.25) is 5.91 Å². The van der Waals surface area contributed by atoms with Crippen molar-refractivity contribution < 1.29 is 4.79 Å². The van der Waals surface area contributed by atoms with Gasteiger partial charge in [0, 0.05) is 18.5 Å². The molecule has 1 amide bonds. The molecule has 1 aliphatic heterocycles. The van der Waals surface area contributed by atoms with Crippen molar-refractivity contribution >= 4 is 5.91 Å². The van der Waals surface area contributed by atoms with E-state index in [1.54, 1.807) is 0 Å². The van der Waals surface area contributed by atoms with Gasteiger partial charge >= 0.3 is 0 Å². The lowest BCUT2D eigenvalue weighted by Gasteiger charge is -2.56. The summed E-state index contributed by atoms with van der Waals surface area (Å²) in [6.07, 6.45) is 5.21. The zero-order valence-corrected chi connectivity index (χ0v) is 13.7. The summed E-state index contributed by atoms with van der Waals surface area (Å²) in [6, 6.07) is 0. The lowest BCUT2D eigenvalue weighted by molar-refractivity contribution is -0.145. The highest BCUT2D eigenvalue weighted by molar-refractivity contribution is 5.81. The molecule has 2 fully saturated rings. The highest BCUT2D eigenvalue weighted by atomic mass is 16.2. The minimum atomic E-state index is -0.224. The second kappa shape index (κ2) is 4.49. The Hall–Kier alpha value is -0.530. The number of likely N-dealkylation sites (tertiary alicyclic amines) is 1. The zero-order valence-electron chi connectivity index (χ0n) is 13.7. The van der Waals surface area contributed by atoms with E-state index in [0.29, 0.717) is 16.7 Å². The van der Waals surface area contributed by atoms with Gasteiger partial charge < -0.3 is 4.90 Å². The smallest absolute Gasteiger partial charge is 0.227 e. The van der Waals surface area contributed by atoms with Gasteiger partial charge in [0.05, 0.1) is 0 Å². The van der Waals surface area contributed by atoms with Crippen molar-refractivity contribution in [1.82, 2.24) is 4.90 Å².